The molecule has 44 heavy (non-hydrogen) atoms. The van der Waals surface area contributed by atoms with Gasteiger partial charge in [0.25, 0.3) is 0 Å². The fraction of sp³-hybridized carbons (Fsp3) is 0.375. The van der Waals surface area contributed by atoms with Crippen LogP contribution in [-0.2, 0) is 29.2 Å². The Morgan fingerprint density at radius 2 is 1.20 bits per heavy atom. The number of hydrogen-bond donors (Lipinski definition) is 0. The Balaban J connectivity index is 2.00. The molecule has 4 aromatic rings. The summed E-state index contributed by atoms with van der Waals surface area (Å²) in [7, 11) is -6.79. The minimum Gasteiger partial charge on any atom is -0.398 e. The standard InChI is InChI=1S/C32H39F3N3O4PSi/c1-6-40-43(39,41-7-2)24-23-30(32(33,34)35,42-44(3,4)5)29-36-25-38(37-29)31(26-17-11-8-12-18-26,27-19-13-9-14-20-27)28-21-15-10-16-22-28/h8-22,25H,6-7,23-24H2,1-5H3. The van der Waals surface area contributed by atoms with Gasteiger partial charge in [-0.25, -0.2) is 9.67 Å². The van der Waals surface area contributed by atoms with Gasteiger partial charge in [-0.3, -0.25) is 4.57 Å². The second kappa shape index (κ2) is 13.5. The van der Waals surface area contributed by atoms with Gasteiger partial charge in [-0.1, -0.05) is 91.0 Å². The molecule has 0 saturated carbocycles. The molecule has 0 N–H and O–H groups in total. The fourth-order valence-corrected chi connectivity index (χ4v) is 8.52. The van der Waals surface area contributed by atoms with E-state index in [1.165, 1.54) is 11.0 Å². The van der Waals surface area contributed by atoms with Crippen molar-refractivity contribution in [2.75, 3.05) is 19.4 Å². The fourth-order valence-electron chi connectivity index (χ4n) is 5.46. The molecule has 0 aliphatic heterocycles. The van der Waals surface area contributed by atoms with Crippen LogP contribution >= 0.6 is 7.60 Å². The van der Waals surface area contributed by atoms with Crippen LogP contribution in [0.15, 0.2) is 97.3 Å². The van der Waals surface area contributed by atoms with Crippen LogP contribution in [0.2, 0.25) is 19.6 Å². The molecule has 12 heteroatoms. The van der Waals surface area contributed by atoms with Gasteiger partial charge in [0.2, 0.25) is 5.60 Å². The molecular formula is C32H39F3N3O4PSi. The maximum absolute atomic E-state index is 15.4. The molecule has 1 atom stereocenters. The summed E-state index contributed by atoms with van der Waals surface area (Å²) in [6, 6.07) is 28.4. The summed E-state index contributed by atoms with van der Waals surface area (Å²) in [5.74, 6) is -0.570. The summed E-state index contributed by atoms with van der Waals surface area (Å²) in [6.45, 7) is 8.26. The molecule has 1 heterocycles. The number of benzene rings is 3. The summed E-state index contributed by atoms with van der Waals surface area (Å²) in [5, 5.41) is 4.64. The Morgan fingerprint density at radius 3 is 1.57 bits per heavy atom. The van der Waals surface area contributed by atoms with Gasteiger partial charge in [-0.15, -0.1) is 0 Å². The van der Waals surface area contributed by atoms with E-state index in [0.29, 0.717) is 0 Å². The van der Waals surface area contributed by atoms with E-state index in [9.17, 15) is 4.57 Å². The predicted octanol–water partition coefficient (Wildman–Crippen LogP) is 8.38. The summed E-state index contributed by atoms with van der Waals surface area (Å²) in [4.78, 5) is 4.33. The van der Waals surface area contributed by atoms with Crippen molar-refractivity contribution in [3.05, 3.63) is 120 Å². The van der Waals surface area contributed by atoms with Gasteiger partial charge in [-0.05, 0) is 50.2 Å². The van der Waals surface area contributed by atoms with Crippen molar-refractivity contribution in [3.63, 3.8) is 0 Å². The average molecular weight is 646 g/mol. The number of alkyl halides is 3. The van der Waals surface area contributed by atoms with Gasteiger partial charge in [0.15, 0.2) is 14.1 Å². The van der Waals surface area contributed by atoms with Crippen LogP contribution in [0.5, 0.6) is 0 Å². The molecule has 3 aromatic carbocycles. The zero-order chi connectivity index (χ0) is 32.1. The Hall–Kier alpha value is -3.08. The van der Waals surface area contributed by atoms with Gasteiger partial charge >= 0.3 is 13.8 Å². The molecule has 0 saturated heterocycles. The largest absolute Gasteiger partial charge is 0.423 e. The van der Waals surface area contributed by atoms with Crippen LogP contribution in [0.1, 0.15) is 42.8 Å². The first-order valence-corrected chi connectivity index (χ1v) is 19.7. The third kappa shape index (κ3) is 6.92. The topological polar surface area (TPSA) is 75.5 Å². The van der Waals surface area contributed by atoms with Crippen LogP contribution < -0.4 is 0 Å². The Bertz CT molecular complexity index is 1430. The van der Waals surface area contributed by atoms with Crippen molar-refractivity contribution < 1.29 is 31.2 Å². The van der Waals surface area contributed by atoms with Gasteiger partial charge in [0.1, 0.15) is 11.9 Å². The molecule has 0 bridgehead atoms. The zero-order valence-electron chi connectivity index (χ0n) is 25.6. The SMILES string of the molecule is CCOP(=O)(CCC(O[Si](C)(C)C)(c1ncn(C(c2ccccc2)(c2ccccc2)c2ccccc2)n1)C(F)(F)F)OCC. The molecule has 0 radical (unpaired) electrons. The van der Waals surface area contributed by atoms with E-state index in [1.807, 2.05) is 91.0 Å². The third-order valence-corrected chi connectivity index (χ3v) is 10.1. The second-order valence-corrected chi connectivity index (χ2v) is 17.9. The molecular weight excluding hydrogens is 606 g/mol. The Morgan fingerprint density at radius 1 is 0.773 bits per heavy atom. The van der Waals surface area contributed by atoms with Crippen LogP contribution in [0, 0.1) is 0 Å². The molecule has 1 unspecified atom stereocenters. The maximum atomic E-state index is 15.4. The van der Waals surface area contributed by atoms with Crippen molar-refractivity contribution >= 4 is 15.9 Å². The third-order valence-electron chi connectivity index (χ3n) is 7.10. The van der Waals surface area contributed by atoms with Crippen molar-refractivity contribution in [2.45, 2.75) is 57.2 Å². The Labute approximate surface area is 258 Å². The number of nitrogens with zero attached hydrogens (tertiary/aromatic N) is 3. The van der Waals surface area contributed by atoms with E-state index in [4.69, 9.17) is 13.5 Å². The lowest BCUT2D eigenvalue weighted by Crippen LogP contribution is -2.52. The van der Waals surface area contributed by atoms with E-state index in [-0.39, 0.29) is 13.2 Å². The number of aromatic nitrogens is 3. The molecule has 0 amide bonds. The molecule has 0 fully saturated rings. The van der Waals surface area contributed by atoms with Gasteiger partial charge in [-0.2, -0.15) is 18.3 Å². The lowest BCUT2D eigenvalue weighted by atomic mass is 9.77. The summed E-state index contributed by atoms with van der Waals surface area (Å²) in [6.07, 6.45) is -4.93. The summed E-state index contributed by atoms with van der Waals surface area (Å²) in [5.41, 5.74) is -1.83. The van der Waals surface area contributed by atoms with Crippen molar-refractivity contribution in [2.24, 2.45) is 0 Å². The first kappa shape index (κ1) is 33.8. The van der Waals surface area contributed by atoms with E-state index in [1.54, 1.807) is 33.5 Å². The second-order valence-electron chi connectivity index (χ2n) is 11.3. The molecule has 1 aromatic heterocycles. The monoisotopic (exact) mass is 645 g/mol. The highest BCUT2D eigenvalue weighted by molar-refractivity contribution is 7.53. The number of halogens is 3. The zero-order valence-corrected chi connectivity index (χ0v) is 27.5. The lowest BCUT2D eigenvalue weighted by Gasteiger charge is -2.39. The van der Waals surface area contributed by atoms with Crippen molar-refractivity contribution in [1.82, 2.24) is 14.8 Å². The predicted molar refractivity (Wildman–Crippen MR) is 167 cm³/mol. The maximum Gasteiger partial charge on any atom is 0.423 e. The molecule has 0 aliphatic rings. The lowest BCUT2D eigenvalue weighted by molar-refractivity contribution is -0.262. The normalized spacial score (nSPS) is 14.4. The highest BCUT2D eigenvalue weighted by Gasteiger charge is 2.62. The Kier molecular flexibility index (Phi) is 10.4. The van der Waals surface area contributed by atoms with Crippen molar-refractivity contribution in [1.29, 1.82) is 0 Å². The molecule has 4 rings (SSSR count). The smallest absolute Gasteiger partial charge is 0.398 e. The van der Waals surface area contributed by atoms with Gasteiger partial charge in [0.05, 0.1) is 19.4 Å². The number of hydrogen-bond acceptors (Lipinski definition) is 6. The van der Waals surface area contributed by atoms with E-state index >= 15 is 13.2 Å². The highest BCUT2D eigenvalue weighted by atomic mass is 31.2. The molecule has 236 valence electrons. The molecule has 0 aliphatic carbocycles. The minimum absolute atomic E-state index is 0.0196. The van der Waals surface area contributed by atoms with Crippen molar-refractivity contribution in [3.8, 4) is 0 Å². The quantitative estimate of drug-likeness (QED) is 0.0779. The minimum atomic E-state index is -4.96. The van der Waals surface area contributed by atoms with Crippen LogP contribution in [0.4, 0.5) is 13.2 Å². The first-order chi connectivity index (χ1) is 20.8. The van der Waals surface area contributed by atoms with E-state index in [2.05, 4.69) is 10.1 Å². The van der Waals surface area contributed by atoms with Gasteiger partial charge < -0.3 is 13.5 Å². The molecule has 7 nitrogen and oxygen atoms in total. The highest BCUT2D eigenvalue weighted by Crippen LogP contribution is 2.54. The van der Waals surface area contributed by atoms with Crippen LogP contribution in [0.25, 0.3) is 0 Å². The van der Waals surface area contributed by atoms with E-state index < -0.39 is 51.6 Å². The van der Waals surface area contributed by atoms with Gasteiger partial charge in [0, 0.05) is 6.42 Å². The summed E-state index contributed by atoms with van der Waals surface area (Å²) < 4.78 is 77.9. The molecule has 0 spiro atoms. The van der Waals surface area contributed by atoms with Crippen LogP contribution in [0.3, 0.4) is 0 Å². The number of rotatable bonds is 14. The average Bonchev–Trinajstić information content (AvgIpc) is 3.47. The summed E-state index contributed by atoms with van der Waals surface area (Å²) >= 11 is 0. The first-order valence-electron chi connectivity index (χ1n) is 14.6. The van der Waals surface area contributed by atoms with E-state index in [0.717, 1.165) is 16.7 Å². The van der Waals surface area contributed by atoms with Crippen LogP contribution in [-0.4, -0.2) is 48.6 Å².